The number of nitrogens with zero attached hydrogens (tertiary/aromatic N) is 2. The molecule has 0 bridgehead atoms. The largest absolute Gasteiger partial charge is 0.326 e. The van der Waals surface area contributed by atoms with Crippen molar-refractivity contribution in [2.45, 2.75) is 17.1 Å². The predicted molar refractivity (Wildman–Crippen MR) is 100 cm³/mol. The molecule has 0 spiro atoms. The van der Waals surface area contributed by atoms with Crippen LogP contribution in [0, 0.1) is 10.1 Å². The summed E-state index contributed by atoms with van der Waals surface area (Å²) < 4.78 is 25.9. The molecule has 0 aliphatic heterocycles. The molecule has 1 N–H and O–H groups in total. The van der Waals surface area contributed by atoms with Gasteiger partial charge in [0.05, 0.1) is 4.92 Å². The Morgan fingerprint density at radius 3 is 2.73 bits per heavy atom. The monoisotopic (exact) mass is 417 g/mol. The zero-order valence-electron chi connectivity index (χ0n) is 13.7. The molecule has 0 saturated heterocycles. The number of benzene rings is 1. The lowest BCUT2D eigenvalue weighted by atomic mass is 10.2. The number of rotatable bonds is 8. The van der Waals surface area contributed by atoms with Crippen molar-refractivity contribution >= 4 is 50.2 Å². The van der Waals surface area contributed by atoms with E-state index in [0.29, 0.717) is 6.42 Å². The van der Waals surface area contributed by atoms with Gasteiger partial charge in [-0.3, -0.25) is 14.9 Å². The van der Waals surface area contributed by atoms with Crippen molar-refractivity contribution in [1.29, 1.82) is 0 Å². The molecule has 0 fully saturated rings. The predicted octanol–water partition coefficient (Wildman–Crippen LogP) is 3.35. The van der Waals surface area contributed by atoms with Gasteiger partial charge in [0.15, 0.2) is 0 Å². The van der Waals surface area contributed by atoms with Crippen LogP contribution in [0.1, 0.15) is 12.8 Å². The maximum Gasteiger partial charge on any atom is 0.289 e. The van der Waals surface area contributed by atoms with E-state index < -0.39 is 14.9 Å². The van der Waals surface area contributed by atoms with E-state index in [1.807, 2.05) is 0 Å². The Morgan fingerprint density at radius 1 is 1.38 bits per heavy atom. The Labute approximate surface area is 159 Å². The topological polar surface area (TPSA) is 110 Å². The summed E-state index contributed by atoms with van der Waals surface area (Å²) in [6.45, 7) is 0.175. The molecule has 0 saturated carbocycles. The lowest BCUT2D eigenvalue weighted by Crippen LogP contribution is -2.28. The van der Waals surface area contributed by atoms with Crippen molar-refractivity contribution in [3.63, 3.8) is 0 Å². The van der Waals surface area contributed by atoms with E-state index in [0.717, 1.165) is 11.3 Å². The van der Waals surface area contributed by atoms with Crippen LogP contribution in [0.15, 0.2) is 39.9 Å². The average Bonchev–Trinajstić information content (AvgIpc) is 3.11. The van der Waals surface area contributed by atoms with Crippen molar-refractivity contribution < 1.29 is 18.1 Å². The molecule has 2 aromatic rings. The quantitative estimate of drug-likeness (QED) is 0.523. The molecule has 2 rings (SSSR count). The molecule has 0 radical (unpaired) electrons. The number of amides is 1. The van der Waals surface area contributed by atoms with Crippen LogP contribution in [0.5, 0.6) is 0 Å². The average molecular weight is 418 g/mol. The van der Waals surface area contributed by atoms with Gasteiger partial charge in [0, 0.05) is 31.8 Å². The van der Waals surface area contributed by atoms with E-state index in [4.69, 9.17) is 11.6 Å². The number of carbonyl (C=O) groups is 1. The summed E-state index contributed by atoms with van der Waals surface area (Å²) in [5, 5.41) is 15.0. The molecule has 140 valence electrons. The number of nitro groups is 1. The second-order valence-electron chi connectivity index (χ2n) is 5.33. The van der Waals surface area contributed by atoms with Crippen LogP contribution >= 0.6 is 22.9 Å². The summed E-state index contributed by atoms with van der Waals surface area (Å²) in [5.74, 6) is -0.372. The van der Waals surface area contributed by atoms with Gasteiger partial charge in [0.2, 0.25) is 5.91 Å². The molecule has 26 heavy (non-hydrogen) atoms. The summed E-state index contributed by atoms with van der Waals surface area (Å²) in [4.78, 5) is 22.2. The standard InChI is InChI=1S/C15H16ClN3O5S2/c1-18(26(23,24)15-5-3-9-25-15)8-2-4-14(20)17-11-6-7-12(16)13(10-11)19(21)22/h3,5-7,9-10H,2,4,8H2,1H3,(H,17,20). The van der Waals surface area contributed by atoms with Gasteiger partial charge in [-0.2, -0.15) is 0 Å². The molecule has 0 atom stereocenters. The van der Waals surface area contributed by atoms with Crippen LogP contribution in [0.2, 0.25) is 5.02 Å². The van der Waals surface area contributed by atoms with Crippen LogP contribution in [-0.4, -0.2) is 37.1 Å². The summed E-state index contributed by atoms with van der Waals surface area (Å²) in [6.07, 6.45) is 0.378. The van der Waals surface area contributed by atoms with Crippen molar-refractivity contribution in [3.05, 3.63) is 50.8 Å². The van der Waals surface area contributed by atoms with Gasteiger partial charge in [0.1, 0.15) is 9.23 Å². The summed E-state index contributed by atoms with van der Waals surface area (Å²) >= 11 is 6.85. The maximum atomic E-state index is 12.3. The fraction of sp³-hybridized carbons (Fsp3) is 0.267. The van der Waals surface area contributed by atoms with E-state index >= 15 is 0 Å². The number of hydrogen-bond donors (Lipinski definition) is 1. The minimum Gasteiger partial charge on any atom is -0.326 e. The fourth-order valence-corrected chi connectivity index (χ4v) is 4.70. The Kier molecular flexibility index (Phi) is 6.70. The molecule has 0 aliphatic carbocycles. The van der Waals surface area contributed by atoms with Gasteiger partial charge < -0.3 is 5.32 Å². The maximum absolute atomic E-state index is 12.3. The number of halogens is 1. The van der Waals surface area contributed by atoms with Gasteiger partial charge in [-0.05, 0) is 30.0 Å². The third-order valence-corrected chi connectivity index (χ3v) is 7.01. The van der Waals surface area contributed by atoms with Gasteiger partial charge in [-0.15, -0.1) is 11.3 Å². The third kappa shape index (κ3) is 5.01. The third-order valence-electron chi connectivity index (χ3n) is 3.46. The van der Waals surface area contributed by atoms with E-state index in [9.17, 15) is 23.3 Å². The Bertz CT molecular complexity index is 900. The normalized spacial score (nSPS) is 11.5. The highest BCUT2D eigenvalue weighted by Crippen LogP contribution is 2.27. The Morgan fingerprint density at radius 2 is 2.12 bits per heavy atom. The first-order valence-corrected chi connectivity index (χ1v) is 10.1. The Hall–Kier alpha value is -2.01. The molecule has 0 aliphatic rings. The lowest BCUT2D eigenvalue weighted by molar-refractivity contribution is -0.384. The molecule has 0 unspecified atom stereocenters. The van der Waals surface area contributed by atoms with Crippen molar-refractivity contribution in [2.75, 3.05) is 18.9 Å². The molecule has 11 heteroatoms. The smallest absolute Gasteiger partial charge is 0.289 e. The van der Waals surface area contributed by atoms with Crippen LogP contribution in [0.3, 0.4) is 0 Å². The van der Waals surface area contributed by atoms with E-state index in [2.05, 4.69) is 5.32 Å². The van der Waals surface area contributed by atoms with Gasteiger partial charge in [-0.25, -0.2) is 12.7 Å². The number of hydrogen-bond acceptors (Lipinski definition) is 6. The summed E-state index contributed by atoms with van der Waals surface area (Å²) in [6, 6.07) is 7.14. The summed E-state index contributed by atoms with van der Waals surface area (Å²) in [5.41, 5.74) is -0.0445. The number of nitro benzene ring substituents is 1. The second-order valence-corrected chi connectivity index (χ2v) is 8.96. The second kappa shape index (κ2) is 8.58. The van der Waals surface area contributed by atoms with Crippen LogP contribution in [-0.2, 0) is 14.8 Å². The molecule has 1 heterocycles. The van der Waals surface area contributed by atoms with Gasteiger partial charge in [-0.1, -0.05) is 17.7 Å². The Balaban J connectivity index is 1.88. The molecular weight excluding hydrogens is 402 g/mol. The minimum atomic E-state index is -3.54. The number of anilines is 1. The van der Waals surface area contributed by atoms with E-state index in [1.165, 1.54) is 35.6 Å². The molecule has 8 nitrogen and oxygen atoms in total. The number of thiophene rings is 1. The molecule has 1 aromatic heterocycles. The molecule has 1 aromatic carbocycles. The van der Waals surface area contributed by atoms with Crippen molar-refractivity contribution in [3.8, 4) is 0 Å². The van der Waals surface area contributed by atoms with Gasteiger partial charge in [0.25, 0.3) is 15.7 Å². The highest BCUT2D eigenvalue weighted by Gasteiger charge is 2.21. The highest BCUT2D eigenvalue weighted by molar-refractivity contribution is 7.91. The zero-order valence-corrected chi connectivity index (χ0v) is 16.1. The van der Waals surface area contributed by atoms with Crippen LogP contribution in [0.25, 0.3) is 0 Å². The van der Waals surface area contributed by atoms with Crippen molar-refractivity contribution in [2.24, 2.45) is 0 Å². The number of carbonyl (C=O) groups excluding carboxylic acids is 1. The van der Waals surface area contributed by atoms with Gasteiger partial charge >= 0.3 is 0 Å². The highest BCUT2D eigenvalue weighted by atomic mass is 35.5. The first-order valence-electron chi connectivity index (χ1n) is 7.45. The van der Waals surface area contributed by atoms with Crippen molar-refractivity contribution in [1.82, 2.24) is 4.31 Å². The molecular formula is C15H16ClN3O5S2. The number of sulfonamides is 1. The van der Waals surface area contributed by atoms with E-state index in [1.54, 1.807) is 11.4 Å². The zero-order chi connectivity index (χ0) is 19.3. The number of nitrogens with one attached hydrogen (secondary N) is 1. The molecule has 1 amide bonds. The SMILES string of the molecule is CN(CCCC(=O)Nc1ccc(Cl)c([N+](=O)[O-])c1)S(=O)(=O)c1cccs1. The van der Waals surface area contributed by atoms with Crippen LogP contribution in [0.4, 0.5) is 11.4 Å². The lowest BCUT2D eigenvalue weighted by Gasteiger charge is -2.15. The first-order chi connectivity index (χ1) is 12.2. The van der Waals surface area contributed by atoms with Crippen LogP contribution < -0.4 is 5.32 Å². The first kappa shape index (κ1) is 20.3. The van der Waals surface area contributed by atoms with E-state index in [-0.39, 0.29) is 39.5 Å². The summed E-state index contributed by atoms with van der Waals surface area (Å²) in [7, 11) is -2.09. The fourth-order valence-electron chi connectivity index (χ4n) is 2.10. The minimum absolute atomic E-state index is 0.0200.